The van der Waals surface area contributed by atoms with Crippen molar-refractivity contribution in [2.45, 2.75) is 59.3 Å². The van der Waals surface area contributed by atoms with Crippen molar-refractivity contribution in [3.8, 4) is 0 Å². The van der Waals surface area contributed by atoms with Crippen LogP contribution in [0.25, 0.3) is 0 Å². The van der Waals surface area contributed by atoms with E-state index in [2.05, 4.69) is 34.4 Å². The Balaban J connectivity index is 0.00000576. The van der Waals surface area contributed by atoms with Gasteiger partial charge in [0.1, 0.15) is 0 Å². The number of hydrogen-bond donors (Lipinski definition) is 2. The molecule has 0 atom stereocenters. The average molecular weight is 468 g/mol. The second kappa shape index (κ2) is 17.3. The molecule has 0 radical (unpaired) electrons. The van der Waals surface area contributed by atoms with Crippen LogP contribution in [0.4, 0.5) is 0 Å². The molecular formula is C19H41IN4O. The molecule has 0 bridgehead atoms. The Morgan fingerprint density at radius 2 is 1.84 bits per heavy atom. The molecule has 1 rings (SSSR count). The van der Waals surface area contributed by atoms with Crippen LogP contribution < -0.4 is 10.6 Å². The number of guanidine groups is 1. The molecule has 2 N–H and O–H groups in total. The zero-order valence-corrected chi connectivity index (χ0v) is 19.0. The predicted molar refractivity (Wildman–Crippen MR) is 119 cm³/mol. The first kappa shape index (κ1) is 24.9. The highest BCUT2D eigenvalue weighted by Crippen LogP contribution is 2.16. The molecule has 0 aromatic carbocycles. The summed E-state index contributed by atoms with van der Waals surface area (Å²) in [4.78, 5) is 7.30. The molecule has 1 saturated heterocycles. The standard InChI is InChI=1S/C19H40N4O.HI/c1-4-20-19(22-13-7-9-17-24-5-2)21-12-6-8-14-23-15-10-18(3)11-16-23;/h18H,4-17H2,1-3H3,(H2,20,21,22);1H. The molecule has 0 amide bonds. The van der Waals surface area contributed by atoms with Crippen LogP contribution in [0, 0.1) is 5.92 Å². The fourth-order valence-corrected chi connectivity index (χ4v) is 2.95. The Labute approximate surface area is 172 Å². The molecule has 150 valence electrons. The number of halogens is 1. The summed E-state index contributed by atoms with van der Waals surface area (Å²) in [5.41, 5.74) is 0. The smallest absolute Gasteiger partial charge is 0.191 e. The Morgan fingerprint density at radius 1 is 1.08 bits per heavy atom. The molecule has 25 heavy (non-hydrogen) atoms. The van der Waals surface area contributed by atoms with E-state index in [4.69, 9.17) is 4.74 Å². The van der Waals surface area contributed by atoms with Crippen LogP contribution in [0.15, 0.2) is 4.99 Å². The SMILES string of the molecule is CCNC(=NCCCCN1CCC(C)CC1)NCCCCOCC.I. The van der Waals surface area contributed by atoms with E-state index in [0.717, 1.165) is 57.6 Å². The lowest BCUT2D eigenvalue weighted by Gasteiger charge is -2.30. The lowest BCUT2D eigenvalue weighted by atomic mass is 9.99. The van der Waals surface area contributed by atoms with Crippen LogP contribution >= 0.6 is 24.0 Å². The highest BCUT2D eigenvalue weighted by atomic mass is 127. The van der Waals surface area contributed by atoms with Gasteiger partial charge in [0.05, 0.1) is 0 Å². The molecule has 0 aromatic heterocycles. The van der Waals surface area contributed by atoms with Gasteiger partial charge in [0.2, 0.25) is 0 Å². The summed E-state index contributed by atoms with van der Waals surface area (Å²) in [7, 11) is 0. The van der Waals surface area contributed by atoms with Crippen LogP contribution in [0.2, 0.25) is 0 Å². The summed E-state index contributed by atoms with van der Waals surface area (Å²) in [6.07, 6.45) is 7.40. The third-order valence-corrected chi connectivity index (χ3v) is 4.58. The molecule has 0 spiro atoms. The van der Waals surface area contributed by atoms with E-state index in [1.807, 2.05) is 6.92 Å². The van der Waals surface area contributed by atoms with E-state index in [1.165, 1.54) is 45.3 Å². The lowest BCUT2D eigenvalue weighted by Crippen LogP contribution is -2.38. The molecule has 5 nitrogen and oxygen atoms in total. The summed E-state index contributed by atoms with van der Waals surface area (Å²) in [5.74, 6) is 1.88. The first-order valence-corrected chi connectivity index (χ1v) is 10.1. The third kappa shape index (κ3) is 13.7. The van der Waals surface area contributed by atoms with Gasteiger partial charge in [-0.2, -0.15) is 0 Å². The number of likely N-dealkylation sites (tertiary alicyclic amines) is 1. The summed E-state index contributed by atoms with van der Waals surface area (Å²) in [6, 6.07) is 0. The van der Waals surface area contributed by atoms with Crippen LogP contribution in [0.1, 0.15) is 59.3 Å². The largest absolute Gasteiger partial charge is 0.382 e. The number of aliphatic imine (C=N–C) groups is 1. The highest BCUT2D eigenvalue weighted by Gasteiger charge is 2.14. The minimum Gasteiger partial charge on any atom is -0.382 e. The van der Waals surface area contributed by atoms with Gasteiger partial charge in [-0.3, -0.25) is 4.99 Å². The maximum atomic E-state index is 5.36. The monoisotopic (exact) mass is 468 g/mol. The average Bonchev–Trinajstić information content (AvgIpc) is 2.59. The predicted octanol–water partition coefficient (Wildman–Crippen LogP) is 3.49. The normalized spacial score (nSPS) is 16.5. The maximum Gasteiger partial charge on any atom is 0.191 e. The topological polar surface area (TPSA) is 48.9 Å². The van der Waals surface area contributed by atoms with Crippen LogP contribution in [-0.2, 0) is 4.74 Å². The molecule has 0 aromatic rings. The maximum absolute atomic E-state index is 5.36. The van der Waals surface area contributed by atoms with E-state index in [9.17, 15) is 0 Å². The first-order chi connectivity index (χ1) is 11.8. The van der Waals surface area contributed by atoms with Gasteiger partial charge in [0.15, 0.2) is 5.96 Å². The number of hydrogen-bond acceptors (Lipinski definition) is 3. The van der Waals surface area contributed by atoms with Crippen LogP contribution in [0.5, 0.6) is 0 Å². The van der Waals surface area contributed by atoms with Crippen molar-refractivity contribution < 1.29 is 4.74 Å². The van der Waals surface area contributed by atoms with E-state index >= 15 is 0 Å². The van der Waals surface area contributed by atoms with Crippen molar-refractivity contribution in [3.05, 3.63) is 0 Å². The zero-order valence-electron chi connectivity index (χ0n) is 16.7. The van der Waals surface area contributed by atoms with Crippen molar-refractivity contribution in [1.29, 1.82) is 0 Å². The quantitative estimate of drug-likeness (QED) is 0.199. The van der Waals surface area contributed by atoms with Gasteiger partial charge >= 0.3 is 0 Å². The van der Waals surface area contributed by atoms with Gasteiger partial charge < -0.3 is 20.3 Å². The Morgan fingerprint density at radius 3 is 2.52 bits per heavy atom. The van der Waals surface area contributed by atoms with Crippen LogP contribution in [0.3, 0.4) is 0 Å². The molecule has 0 unspecified atom stereocenters. The molecule has 1 fully saturated rings. The van der Waals surface area contributed by atoms with Crippen molar-refractivity contribution in [3.63, 3.8) is 0 Å². The highest BCUT2D eigenvalue weighted by molar-refractivity contribution is 14.0. The number of ether oxygens (including phenoxy) is 1. The van der Waals surface area contributed by atoms with Gasteiger partial charge in [-0.15, -0.1) is 24.0 Å². The Bertz CT molecular complexity index is 321. The van der Waals surface area contributed by atoms with Crippen molar-refractivity contribution in [2.75, 3.05) is 52.5 Å². The van der Waals surface area contributed by atoms with E-state index in [-0.39, 0.29) is 24.0 Å². The van der Waals surface area contributed by atoms with Gasteiger partial charge in [-0.25, -0.2) is 0 Å². The van der Waals surface area contributed by atoms with Crippen LogP contribution in [-0.4, -0.2) is 63.3 Å². The first-order valence-electron chi connectivity index (χ1n) is 10.1. The van der Waals surface area contributed by atoms with Gasteiger partial charge in [0, 0.05) is 32.8 Å². The van der Waals surface area contributed by atoms with E-state index < -0.39 is 0 Å². The van der Waals surface area contributed by atoms with Gasteiger partial charge in [-0.1, -0.05) is 6.92 Å². The number of nitrogens with one attached hydrogen (secondary N) is 2. The number of nitrogens with zero attached hydrogens (tertiary/aromatic N) is 2. The fraction of sp³-hybridized carbons (Fsp3) is 0.947. The Hall–Kier alpha value is -0.0800. The Kier molecular flexibility index (Phi) is 17.3. The van der Waals surface area contributed by atoms with Crippen molar-refractivity contribution in [1.82, 2.24) is 15.5 Å². The minimum absolute atomic E-state index is 0. The lowest BCUT2D eigenvalue weighted by molar-refractivity contribution is 0.143. The molecule has 1 aliphatic rings. The van der Waals surface area contributed by atoms with Gasteiger partial charge in [0.25, 0.3) is 0 Å². The van der Waals surface area contributed by atoms with Gasteiger partial charge in [-0.05, 0) is 77.9 Å². The zero-order chi connectivity index (χ0) is 17.5. The molecule has 0 saturated carbocycles. The summed E-state index contributed by atoms with van der Waals surface area (Å²) < 4.78 is 5.36. The molecule has 0 aliphatic carbocycles. The van der Waals surface area contributed by atoms with E-state index in [0.29, 0.717) is 0 Å². The molecular weight excluding hydrogens is 427 g/mol. The summed E-state index contributed by atoms with van der Waals surface area (Å²) >= 11 is 0. The number of rotatable bonds is 12. The second-order valence-corrected chi connectivity index (χ2v) is 6.82. The minimum atomic E-state index is 0. The van der Waals surface area contributed by atoms with Crippen molar-refractivity contribution >= 4 is 29.9 Å². The summed E-state index contributed by atoms with van der Waals surface area (Å²) in [6.45, 7) is 14.8. The van der Waals surface area contributed by atoms with E-state index in [1.54, 1.807) is 0 Å². The number of piperidine rings is 1. The second-order valence-electron chi connectivity index (χ2n) is 6.82. The molecule has 1 heterocycles. The van der Waals surface area contributed by atoms with Crippen molar-refractivity contribution in [2.24, 2.45) is 10.9 Å². The number of unbranched alkanes of at least 4 members (excludes halogenated alkanes) is 2. The molecule has 6 heteroatoms. The fourth-order valence-electron chi connectivity index (χ4n) is 2.95. The molecule has 1 aliphatic heterocycles. The third-order valence-electron chi connectivity index (χ3n) is 4.58. The summed E-state index contributed by atoms with van der Waals surface area (Å²) in [5, 5.41) is 6.74.